The van der Waals surface area contributed by atoms with Crippen LogP contribution in [0.3, 0.4) is 0 Å². The Bertz CT molecular complexity index is 788. The van der Waals surface area contributed by atoms with Crippen LogP contribution in [0.5, 0.6) is 0 Å². The lowest BCUT2D eigenvalue weighted by atomic mass is 9.85. The quantitative estimate of drug-likeness (QED) is 0.752. The predicted molar refractivity (Wildman–Crippen MR) is 102 cm³/mol. The molecule has 0 spiro atoms. The summed E-state index contributed by atoms with van der Waals surface area (Å²) in [6.45, 7) is 7.11. The number of benzene rings is 1. The normalized spacial score (nSPS) is 17.8. The number of aldehydes is 1. The van der Waals surface area contributed by atoms with Crippen LogP contribution in [0.2, 0.25) is 0 Å². The Balaban J connectivity index is 2.23. The average molecular weight is 391 g/mol. The molecule has 0 aliphatic carbocycles. The Morgan fingerprint density at radius 2 is 1.96 bits per heavy atom. The van der Waals surface area contributed by atoms with Gasteiger partial charge in [0.05, 0.1) is 11.6 Å². The molecule has 0 aromatic heterocycles. The molecular formula is C20H26FN3O4. The number of nitrogens with zero attached hydrogens (tertiary/aromatic N) is 1. The molecule has 3 amide bonds. The number of amides is 3. The maximum atomic E-state index is 14.4. The van der Waals surface area contributed by atoms with Gasteiger partial charge >= 0.3 is 0 Å². The minimum absolute atomic E-state index is 0.232. The molecule has 1 aromatic rings. The fourth-order valence-corrected chi connectivity index (χ4v) is 3.21. The van der Waals surface area contributed by atoms with Crippen molar-refractivity contribution in [3.63, 3.8) is 0 Å². The smallest absolute Gasteiger partial charge is 0.254 e. The molecule has 1 aliphatic rings. The van der Waals surface area contributed by atoms with Crippen LogP contribution in [-0.2, 0) is 14.4 Å². The van der Waals surface area contributed by atoms with Crippen molar-refractivity contribution in [1.29, 1.82) is 0 Å². The predicted octanol–water partition coefficient (Wildman–Crippen LogP) is 2.12. The number of carbonyl (C=O) groups is 4. The third-order valence-corrected chi connectivity index (χ3v) is 4.66. The van der Waals surface area contributed by atoms with E-state index >= 15 is 0 Å². The summed E-state index contributed by atoms with van der Waals surface area (Å²) in [4.78, 5) is 49.4. The van der Waals surface area contributed by atoms with Gasteiger partial charge in [-0.05, 0) is 36.5 Å². The molecule has 1 fully saturated rings. The largest absolute Gasteiger partial charge is 0.340 e. The molecule has 0 radical (unpaired) electrons. The van der Waals surface area contributed by atoms with E-state index in [0.717, 1.165) is 18.8 Å². The maximum Gasteiger partial charge on any atom is 0.254 e. The Morgan fingerprint density at radius 3 is 2.50 bits per heavy atom. The van der Waals surface area contributed by atoms with Crippen LogP contribution >= 0.6 is 0 Å². The molecule has 1 heterocycles. The highest BCUT2D eigenvalue weighted by Gasteiger charge is 2.39. The Morgan fingerprint density at radius 1 is 1.29 bits per heavy atom. The molecule has 152 valence electrons. The first kappa shape index (κ1) is 21.5. The zero-order valence-electron chi connectivity index (χ0n) is 16.5. The van der Waals surface area contributed by atoms with Gasteiger partial charge in [0.25, 0.3) is 5.91 Å². The van der Waals surface area contributed by atoms with Gasteiger partial charge in [0, 0.05) is 19.2 Å². The number of carbonyl (C=O) groups excluding carboxylic acids is 4. The van der Waals surface area contributed by atoms with E-state index in [1.807, 2.05) is 0 Å². The highest BCUT2D eigenvalue weighted by atomic mass is 19.1. The molecule has 8 heteroatoms. The van der Waals surface area contributed by atoms with Crippen molar-refractivity contribution in [2.24, 2.45) is 5.41 Å². The first-order valence-electron chi connectivity index (χ1n) is 9.18. The van der Waals surface area contributed by atoms with E-state index < -0.39 is 29.2 Å². The Kier molecular flexibility index (Phi) is 6.53. The first-order chi connectivity index (χ1) is 13.0. The lowest BCUT2D eigenvalue weighted by molar-refractivity contribution is -0.138. The summed E-state index contributed by atoms with van der Waals surface area (Å²) in [5.74, 6) is -2.26. The van der Waals surface area contributed by atoms with Gasteiger partial charge in [0.15, 0.2) is 0 Å². The van der Waals surface area contributed by atoms with Gasteiger partial charge in [-0.1, -0.05) is 20.8 Å². The lowest BCUT2D eigenvalue weighted by Crippen LogP contribution is -2.56. The molecule has 0 bridgehead atoms. The third kappa shape index (κ3) is 4.94. The first-order valence-corrected chi connectivity index (χ1v) is 9.18. The number of hydrogen-bond acceptors (Lipinski definition) is 4. The van der Waals surface area contributed by atoms with Crippen LogP contribution in [0.25, 0.3) is 0 Å². The summed E-state index contributed by atoms with van der Waals surface area (Å²) in [5, 5.41) is 5.06. The second-order valence-electron chi connectivity index (χ2n) is 8.03. The number of hydrogen-bond donors (Lipinski definition) is 2. The highest BCUT2D eigenvalue weighted by molar-refractivity contribution is 5.99. The summed E-state index contributed by atoms with van der Waals surface area (Å²) in [7, 11) is 0. The van der Waals surface area contributed by atoms with Crippen molar-refractivity contribution in [3.8, 4) is 0 Å². The maximum absolute atomic E-state index is 14.4. The standard InChI is InChI=1S/C20H26FN3O4/c1-12(26)22-13-7-8-15(16(21)10-13)18(27)23-17(20(2,3)4)19(28)24-9-5-6-14(24)11-25/h7-8,10-11,14,17H,5-6,9H2,1-4H3,(H,22,26)(H,23,27)/t14-,17+/m0/s1. The van der Waals surface area contributed by atoms with Crippen LogP contribution in [0, 0.1) is 11.2 Å². The van der Waals surface area contributed by atoms with E-state index in [4.69, 9.17) is 0 Å². The molecular weight excluding hydrogens is 365 g/mol. The molecule has 1 aliphatic heterocycles. The van der Waals surface area contributed by atoms with Gasteiger partial charge in [-0.25, -0.2) is 4.39 Å². The van der Waals surface area contributed by atoms with E-state index in [-0.39, 0.29) is 23.1 Å². The SMILES string of the molecule is CC(=O)Nc1ccc(C(=O)N[C@H](C(=O)N2CCC[C@H]2C=O)C(C)(C)C)c(F)c1. The molecule has 2 rings (SSSR count). The van der Waals surface area contributed by atoms with Crippen molar-refractivity contribution in [2.45, 2.75) is 52.6 Å². The fraction of sp³-hybridized carbons (Fsp3) is 0.500. The number of nitrogens with one attached hydrogen (secondary N) is 2. The van der Waals surface area contributed by atoms with Crippen LogP contribution in [0.15, 0.2) is 18.2 Å². The van der Waals surface area contributed by atoms with Crippen molar-refractivity contribution in [1.82, 2.24) is 10.2 Å². The average Bonchev–Trinajstić information content (AvgIpc) is 3.06. The number of likely N-dealkylation sites (tertiary alicyclic amines) is 1. The molecule has 2 atom stereocenters. The molecule has 28 heavy (non-hydrogen) atoms. The summed E-state index contributed by atoms with van der Waals surface area (Å²) in [6, 6.07) is 2.30. The van der Waals surface area contributed by atoms with Crippen molar-refractivity contribution < 1.29 is 23.6 Å². The zero-order chi connectivity index (χ0) is 21.1. The molecule has 0 unspecified atom stereocenters. The van der Waals surface area contributed by atoms with Crippen molar-refractivity contribution in [2.75, 3.05) is 11.9 Å². The van der Waals surface area contributed by atoms with E-state index in [1.54, 1.807) is 20.8 Å². The Labute approximate surface area is 163 Å². The van der Waals surface area contributed by atoms with Crippen LogP contribution in [0.4, 0.5) is 10.1 Å². The minimum atomic E-state index is -0.921. The molecule has 1 saturated heterocycles. The van der Waals surface area contributed by atoms with Crippen molar-refractivity contribution in [3.05, 3.63) is 29.6 Å². The number of rotatable bonds is 5. The molecule has 1 aromatic carbocycles. The van der Waals surface area contributed by atoms with Crippen LogP contribution in [-0.4, -0.2) is 47.5 Å². The zero-order valence-corrected chi connectivity index (χ0v) is 16.5. The molecule has 0 saturated carbocycles. The van der Waals surface area contributed by atoms with Gasteiger partial charge in [0.2, 0.25) is 11.8 Å². The minimum Gasteiger partial charge on any atom is -0.340 e. The second-order valence-corrected chi connectivity index (χ2v) is 8.03. The van der Waals surface area contributed by atoms with Crippen molar-refractivity contribution >= 4 is 29.7 Å². The fourth-order valence-electron chi connectivity index (χ4n) is 3.21. The lowest BCUT2D eigenvalue weighted by Gasteiger charge is -2.34. The molecule has 2 N–H and O–H groups in total. The molecule has 7 nitrogen and oxygen atoms in total. The second kappa shape index (κ2) is 8.50. The summed E-state index contributed by atoms with van der Waals surface area (Å²) >= 11 is 0. The van der Waals surface area contributed by atoms with Gasteiger partial charge < -0.3 is 20.3 Å². The number of anilines is 1. The van der Waals surface area contributed by atoms with Crippen LogP contribution < -0.4 is 10.6 Å². The number of halogens is 1. The van der Waals surface area contributed by atoms with Gasteiger partial charge in [-0.3, -0.25) is 14.4 Å². The van der Waals surface area contributed by atoms with Crippen LogP contribution in [0.1, 0.15) is 50.9 Å². The van der Waals surface area contributed by atoms with Gasteiger partial charge in [-0.2, -0.15) is 0 Å². The van der Waals surface area contributed by atoms with E-state index in [9.17, 15) is 23.6 Å². The van der Waals surface area contributed by atoms with E-state index in [2.05, 4.69) is 10.6 Å². The summed E-state index contributed by atoms with van der Waals surface area (Å²) in [6.07, 6.45) is 2.06. The monoisotopic (exact) mass is 391 g/mol. The topological polar surface area (TPSA) is 95.6 Å². The Hall–Kier alpha value is -2.77. The highest BCUT2D eigenvalue weighted by Crippen LogP contribution is 2.26. The summed E-state index contributed by atoms with van der Waals surface area (Å²) in [5.41, 5.74) is -0.643. The third-order valence-electron chi connectivity index (χ3n) is 4.66. The van der Waals surface area contributed by atoms with Gasteiger partial charge in [-0.15, -0.1) is 0 Å². The van der Waals surface area contributed by atoms with Gasteiger partial charge in [0.1, 0.15) is 18.1 Å². The van der Waals surface area contributed by atoms with E-state index in [0.29, 0.717) is 13.0 Å². The van der Waals surface area contributed by atoms with E-state index in [1.165, 1.54) is 24.0 Å². The summed E-state index contributed by atoms with van der Waals surface area (Å²) < 4.78 is 14.4.